The number of carbonyl (C=O) groups excluding carboxylic acids is 1. The van der Waals surface area contributed by atoms with Crippen LogP contribution in [-0.2, 0) is 0 Å². The molecule has 0 saturated heterocycles. The Balaban J connectivity index is 2.46. The molecular weight excluding hydrogens is 311 g/mol. The third-order valence-electron chi connectivity index (χ3n) is 2.78. The van der Waals surface area contributed by atoms with E-state index in [1.54, 1.807) is 50.5 Å². The van der Waals surface area contributed by atoms with Crippen LogP contribution in [-0.4, -0.2) is 24.9 Å². The smallest absolute Gasteiger partial charge is 0.257 e. The van der Waals surface area contributed by atoms with Crippen molar-refractivity contribution in [1.29, 1.82) is 0 Å². The van der Waals surface area contributed by atoms with Crippen molar-refractivity contribution in [1.82, 2.24) is 4.90 Å². The van der Waals surface area contributed by atoms with Crippen LogP contribution < -0.4 is 10.5 Å². The van der Waals surface area contributed by atoms with Gasteiger partial charge in [-0.3, -0.25) is 4.79 Å². The molecule has 4 nitrogen and oxygen atoms in total. The molecule has 0 atom stereocenters. The first-order valence-corrected chi connectivity index (χ1v) is 6.89. The van der Waals surface area contributed by atoms with Crippen LogP contribution in [0.25, 0.3) is 0 Å². The van der Waals surface area contributed by atoms with Crippen LogP contribution in [0.2, 0.25) is 10.0 Å². The summed E-state index contributed by atoms with van der Waals surface area (Å²) in [5.41, 5.74) is 6.64. The second kappa shape index (κ2) is 6.24. The van der Waals surface area contributed by atoms with Crippen molar-refractivity contribution >= 4 is 34.8 Å². The quantitative estimate of drug-likeness (QED) is 0.866. The molecule has 0 aliphatic heterocycles. The molecule has 110 valence electrons. The zero-order chi connectivity index (χ0) is 15.6. The molecule has 0 aliphatic carbocycles. The molecule has 0 aromatic heterocycles. The van der Waals surface area contributed by atoms with Gasteiger partial charge in [-0.05, 0) is 24.3 Å². The van der Waals surface area contributed by atoms with Gasteiger partial charge in [0, 0.05) is 25.8 Å². The zero-order valence-electron chi connectivity index (χ0n) is 11.6. The van der Waals surface area contributed by atoms with Crippen molar-refractivity contribution in [3.63, 3.8) is 0 Å². The number of ether oxygens (including phenoxy) is 1. The molecule has 1 amide bonds. The average molecular weight is 325 g/mol. The Hall–Kier alpha value is -1.91. The lowest BCUT2D eigenvalue weighted by molar-refractivity contribution is 0.0825. The van der Waals surface area contributed by atoms with E-state index in [2.05, 4.69) is 0 Å². The second-order valence-electron chi connectivity index (χ2n) is 4.61. The van der Waals surface area contributed by atoms with Gasteiger partial charge in [0.1, 0.15) is 16.5 Å². The minimum atomic E-state index is -0.192. The van der Waals surface area contributed by atoms with Gasteiger partial charge in [-0.2, -0.15) is 0 Å². The van der Waals surface area contributed by atoms with Gasteiger partial charge in [0.2, 0.25) is 0 Å². The Labute approximate surface area is 133 Å². The molecule has 0 fully saturated rings. The van der Waals surface area contributed by atoms with Crippen LogP contribution >= 0.6 is 23.2 Å². The van der Waals surface area contributed by atoms with Gasteiger partial charge < -0.3 is 15.4 Å². The first-order chi connectivity index (χ1) is 9.90. The number of benzene rings is 2. The number of nitrogens with zero attached hydrogens (tertiary/aromatic N) is 1. The molecule has 2 N–H and O–H groups in total. The number of nitrogens with two attached hydrogens (primary N) is 1. The molecule has 2 rings (SSSR count). The van der Waals surface area contributed by atoms with E-state index in [1.165, 1.54) is 4.90 Å². The van der Waals surface area contributed by atoms with Crippen molar-refractivity contribution in [2.75, 3.05) is 19.8 Å². The van der Waals surface area contributed by atoms with E-state index in [9.17, 15) is 4.79 Å². The van der Waals surface area contributed by atoms with Crippen molar-refractivity contribution in [2.24, 2.45) is 0 Å². The third kappa shape index (κ3) is 3.40. The zero-order valence-corrected chi connectivity index (χ0v) is 13.1. The lowest BCUT2D eigenvalue weighted by Crippen LogP contribution is -2.22. The van der Waals surface area contributed by atoms with E-state index in [1.807, 2.05) is 0 Å². The Morgan fingerprint density at radius 2 is 1.86 bits per heavy atom. The number of nitrogen functional groups attached to an aromatic ring is 1. The van der Waals surface area contributed by atoms with Crippen molar-refractivity contribution < 1.29 is 9.53 Å². The molecule has 0 saturated carbocycles. The lowest BCUT2D eigenvalue weighted by atomic mass is 10.1. The number of amides is 1. The minimum absolute atomic E-state index is 0.192. The number of hydrogen-bond donors (Lipinski definition) is 1. The van der Waals surface area contributed by atoms with E-state index >= 15 is 0 Å². The fourth-order valence-electron chi connectivity index (χ4n) is 1.72. The highest BCUT2D eigenvalue weighted by Crippen LogP contribution is 2.36. The second-order valence-corrected chi connectivity index (χ2v) is 5.39. The monoisotopic (exact) mass is 324 g/mol. The van der Waals surface area contributed by atoms with Crippen molar-refractivity contribution in [3.8, 4) is 11.5 Å². The van der Waals surface area contributed by atoms with Crippen molar-refractivity contribution in [3.05, 3.63) is 52.0 Å². The fraction of sp³-hybridized carbons (Fsp3) is 0.133. The molecule has 21 heavy (non-hydrogen) atoms. The fourth-order valence-corrected chi connectivity index (χ4v) is 2.05. The molecule has 0 bridgehead atoms. The maximum absolute atomic E-state index is 12.2. The van der Waals surface area contributed by atoms with E-state index < -0.39 is 0 Å². The molecule has 2 aromatic carbocycles. The summed E-state index contributed by atoms with van der Waals surface area (Å²) >= 11 is 12.0. The number of halogens is 2. The highest BCUT2D eigenvalue weighted by atomic mass is 35.5. The van der Waals surface area contributed by atoms with Gasteiger partial charge in [0.05, 0.1) is 10.6 Å². The molecule has 0 heterocycles. The lowest BCUT2D eigenvalue weighted by Gasteiger charge is -2.16. The first-order valence-electron chi connectivity index (χ1n) is 6.13. The summed E-state index contributed by atoms with van der Waals surface area (Å²) in [7, 11) is 3.32. The van der Waals surface area contributed by atoms with Gasteiger partial charge in [-0.1, -0.05) is 29.3 Å². The summed E-state index contributed by atoms with van der Waals surface area (Å²) in [6.07, 6.45) is 0. The predicted octanol–water partition coefficient (Wildman–Crippen LogP) is 4.07. The maximum atomic E-state index is 12.2. The Kier molecular flexibility index (Phi) is 4.60. The maximum Gasteiger partial charge on any atom is 0.257 e. The predicted molar refractivity (Wildman–Crippen MR) is 85.4 cm³/mol. The standard InChI is InChI=1S/C15H14Cl2N2O2/c1-19(2)15(20)10-7-6-9(18)8-13(10)21-12-5-3-4-11(16)14(12)17/h3-8H,18H2,1-2H3. The third-order valence-corrected chi connectivity index (χ3v) is 3.58. The molecular formula is C15H14Cl2N2O2. The number of anilines is 1. The highest BCUT2D eigenvalue weighted by Gasteiger charge is 2.17. The van der Waals surface area contributed by atoms with E-state index in [4.69, 9.17) is 33.7 Å². The van der Waals surface area contributed by atoms with Gasteiger partial charge in [-0.15, -0.1) is 0 Å². The topological polar surface area (TPSA) is 55.6 Å². The number of rotatable bonds is 3. The molecule has 6 heteroatoms. The van der Waals surface area contributed by atoms with Gasteiger partial charge in [0.15, 0.2) is 0 Å². The first kappa shape index (κ1) is 15.5. The van der Waals surface area contributed by atoms with E-state index in [0.717, 1.165) is 0 Å². The Morgan fingerprint density at radius 1 is 1.14 bits per heavy atom. The molecule has 2 aromatic rings. The molecule has 0 radical (unpaired) electrons. The molecule has 0 aliphatic rings. The van der Waals surface area contributed by atoms with E-state index in [-0.39, 0.29) is 10.9 Å². The van der Waals surface area contributed by atoms with E-state index in [0.29, 0.717) is 27.8 Å². The van der Waals surface area contributed by atoms with Crippen LogP contribution in [0.5, 0.6) is 11.5 Å². The summed E-state index contributed by atoms with van der Waals surface area (Å²) < 4.78 is 5.73. The minimum Gasteiger partial charge on any atom is -0.455 e. The summed E-state index contributed by atoms with van der Waals surface area (Å²) in [4.78, 5) is 13.6. The summed E-state index contributed by atoms with van der Waals surface area (Å²) in [5, 5.41) is 0.656. The Bertz CT molecular complexity index is 687. The van der Waals surface area contributed by atoms with Gasteiger partial charge in [0.25, 0.3) is 5.91 Å². The normalized spacial score (nSPS) is 10.3. The Morgan fingerprint density at radius 3 is 2.52 bits per heavy atom. The van der Waals surface area contributed by atoms with Crippen molar-refractivity contribution in [2.45, 2.75) is 0 Å². The van der Waals surface area contributed by atoms with Crippen LogP contribution in [0.1, 0.15) is 10.4 Å². The van der Waals surface area contributed by atoms with Gasteiger partial charge in [-0.25, -0.2) is 0 Å². The highest BCUT2D eigenvalue weighted by molar-refractivity contribution is 6.42. The summed E-state index contributed by atoms with van der Waals surface area (Å²) in [6, 6.07) is 9.87. The average Bonchev–Trinajstić information content (AvgIpc) is 2.43. The van der Waals surface area contributed by atoms with Gasteiger partial charge >= 0.3 is 0 Å². The summed E-state index contributed by atoms with van der Waals surface area (Å²) in [6.45, 7) is 0. The summed E-state index contributed by atoms with van der Waals surface area (Å²) in [5.74, 6) is 0.503. The van der Waals surface area contributed by atoms with Crippen LogP contribution in [0.4, 0.5) is 5.69 Å². The largest absolute Gasteiger partial charge is 0.455 e. The molecule has 0 unspecified atom stereocenters. The van der Waals surface area contributed by atoms with Crippen LogP contribution in [0.3, 0.4) is 0 Å². The SMILES string of the molecule is CN(C)C(=O)c1ccc(N)cc1Oc1cccc(Cl)c1Cl. The van der Waals surface area contributed by atoms with Crippen LogP contribution in [0.15, 0.2) is 36.4 Å². The number of hydrogen-bond acceptors (Lipinski definition) is 3. The van der Waals surface area contributed by atoms with Crippen LogP contribution in [0, 0.1) is 0 Å². The molecule has 0 spiro atoms. The number of carbonyl (C=O) groups is 1.